The molecule has 1 aliphatic carbocycles. The van der Waals surface area contributed by atoms with Gasteiger partial charge in [0.25, 0.3) is 11.5 Å². The van der Waals surface area contributed by atoms with Gasteiger partial charge in [-0.15, -0.1) is 0 Å². The van der Waals surface area contributed by atoms with Crippen molar-refractivity contribution in [1.82, 2.24) is 10.5 Å². The first kappa shape index (κ1) is 19.7. The van der Waals surface area contributed by atoms with Crippen LogP contribution >= 0.6 is 0 Å². The molecule has 7 nitrogen and oxygen atoms in total. The van der Waals surface area contributed by atoms with Gasteiger partial charge in [0, 0.05) is 6.04 Å². The lowest BCUT2D eigenvalue weighted by Crippen LogP contribution is -2.39. The predicted molar refractivity (Wildman–Crippen MR) is 110 cm³/mol. The van der Waals surface area contributed by atoms with Crippen LogP contribution in [0, 0.1) is 5.41 Å². The first-order valence-corrected chi connectivity index (χ1v) is 9.82. The first-order valence-electron chi connectivity index (χ1n) is 9.82. The molecule has 4 rings (SSSR count). The number of carboxylic acids is 1. The van der Waals surface area contributed by atoms with Gasteiger partial charge >= 0.3 is 5.97 Å². The Balaban J connectivity index is 1.51. The summed E-state index contributed by atoms with van der Waals surface area (Å²) < 4.78 is 4.87. The molecular formula is C23H22N2O5. The molecule has 154 valence electrons. The van der Waals surface area contributed by atoms with Crippen molar-refractivity contribution in [2.24, 2.45) is 5.41 Å². The van der Waals surface area contributed by atoms with Crippen LogP contribution < -0.4 is 10.9 Å². The molecule has 7 heteroatoms. The van der Waals surface area contributed by atoms with E-state index < -0.39 is 28.9 Å². The lowest BCUT2D eigenvalue weighted by Gasteiger charge is -2.22. The number of H-pyrrole nitrogens is 1. The molecule has 1 aliphatic rings. The van der Waals surface area contributed by atoms with Crippen LogP contribution in [0.15, 0.2) is 70.0 Å². The number of carbonyl (C=O) groups is 2. The molecule has 0 bridgehead atoms. The zero-order valence-corrected chi connectivity index (χ0v) is 16.3. The molecule has 1 fully saturated rings. The second kappa shape index (κ2) is 8.02. The average Bonchev–Trinajstić information content (AvgIpc) is 3.40. The minimum Gasteiger partial charge on any atom is -0.481 e. The molecule has 30 heavy (non-hydrogen) atoms. The highest BCUT2D eigenvalue weighted by Gasteiger charge is 2.51. The van der Waals surface area contributed by atoms with Gasteiger partial charge in [-0.2, -0.15) is 5.16 Å². The monoisotopic (exact) mass is 406 g/mol. The van der Waals surface area contributed by atoms with Crippen LogP contribution in [0.25, 0.3) is 11.1 Å². The second-order valence-corrected chi connectivity index (χ2v) is 7.80. The molecule has 2 aromatic carbocycles. The molecule has 1 amide bonds. The highest BCUT2D eigenvalue weighted by Crippen LogP contribution is 2.50. The van der Waals surface area contributed by atoms with E-state index in [1.165, 1.54) is 0 Å². The lowest BCUT2D eigenvalue weighted by atomic mass is 9.92. The van der Waals surface area contributed by atoms with Crippen molar-refractivity contribution in [3.05, 3.63) is 82.3 Å². The molecule has 0 unspecified atom stereocenters. The number of carbonyl (C=O) groups excluding carboxylic acids is 1. The van der Waals surface area contributed by atoms with E-state index in [4.69, 9.17) is 4.52 Å². The Kier molecular flexibility index (Phi) is 5.27. The smallest absolute Gasteiger partial charge is 0.309 e. The van der Waals surface area contributed by atoms with Gasteiger partial charge in [0.1, 0.15) is 0 Å². The van der Waals surface area contributed by atoms with Gasteiger partial charge in [0.05, 0.1) is 11.5 Å². The second-order valence-electron chi connectivity index (χ2n) is 7.80. The van der Waals surface area contributed by atoms with Gasteiger partial charge in [0.15, 0.2) is 0 Å². The summed E-state index contributed by atoms with van der Waals surface area (Å²) in [5, 5.41) is 14.5. The van der Waals surface area contributed by atoms with Gasteiger partial charge in [-0.1, -0.05) is 54.6 Å². The van der Waals surface area contributed by atoms with E-state index in [-0.39, 0.29) is 5.76 Å². The largest absolute Gasteiger partial charge is 0.481 e. The van der Waals surface area contributed by atoms with Gasteiger partial charge < -0.3 is 14.9 Å². The highest BCUT2D eigenvalue weighted by atomic mass is 16.5. The number of benzene rings is 2. The molecule has 0 spiro atoms. The topological polar surface area (TPSA) is 112 Å². The van der Waals surface area contributed by atoms with Crippen molar-refractivity contribution in [3.63, 3.8) is 0 Å². The molecule has 0 radical (unpaired) electrons. The number of rotatable bonds is 8. The molecule has 1 saturated carbocycles. The molecule has 0 aliphatic heterocycles. The Morgan fingerprint density at radius 1 is 1.07 bits per heavy atom. The molecule has 3 N–H and O–H groups in total. The standard InChI is InChI=1S/C23H22N2O5/c26-20-13-19(30-25-20)21(27)24-18(14-23(10-11-23)22(28)29)12-15-6-8-17(9-7-15)16-4-2-1-3-5-16/h1-9,13,18H,10-12,14H2,(H,24,27)(H,25,26)(H,28,29)/t18-/m0/s1. The van der Waals surface area contributed by atoms with Crippen LogP contribution in [0.1, 0.15) is 35.4 Å². The fraction of sp³-hybridized carbons (Fsp3) is 0.261. The predicted octanol–water partition coefficient (Wildman–Crippen LogP) is 3.23. The Hall–Kier alpha value is -3.61. The zero-order valence-electron chi connectivity index (χ0n) is 16.3. The molecule has 1 atom stereocenters. The molecular weight excluding hydrogens is 384 g/mol. The summed E-state index contributed by atoms with van der Waals surface area (Å²) >= 11 is 0. The third-order valence-corrected chi connectivity index (χ3v) is 5.57. The maximum atomic E-state index is 12.5. The van der Waals surface area contributed by atoms with Crippen LogP contribution in [0.2, 0.25) is 0 Å². The number of amides is 1. The third-order valence-electron chi connectivity index (χ3n) is 5.57. The SMILES string of the molecule is O=C(N[C@@H](Cc1ccc(-c2ccccc2)cc1)CC1(C(=O)O)CC1)c1cc(=O)[nH]o1. The fourth-order valence-corrected chi connectivity index (χ4v) is 3.70. The van der Waals surface area contributed by atoms with Gasteiger partial charge in [-0.25, -0.2) is 0 Å². The Morgan fingerprint density at radius 2 is 1.73 bits per heavy atom. The van der Waals surface area contributed by atoms with E-state index >= 15 is 0 Å². The molecule has 3 aromatic rings. The Labute approximate surface area is 172 Å². The van der Waals surface area contributed by atoms with Crippen molar-refractivity contribution in [2.75, 3.05) is 0 Å². The van der Waals surface area contributed by atoms with Gasteiger partial charge in [-0.3, -0.25) is 14.4 Å². The summed E-state index contributed by atoms with van der Waals surface area (Å²) in [7, 11) is 0. The van der Waals surface area contributed by atoms with E-state index in [9.17, 15) is 19.5 Å². The van der Waals surface area contributed by atoms with Crippen LogP contribution in [-0.4, -0.2) is 28.2 Å². The number of carboxylic acid groups (broad SMARTS) is 1. The van der Waals surface area contributed by atoms with Crippen LogP contribution in [0.3, 0.4) is 0 Å². The Bertz CT molecular complexity index is 1090. The van der Waals surface area contributed by atoms with Crippen molar-refractivity contribution in [1.29, 1.82) is 0 Å². The number of aromatic nitrogens is 1. The van der Waals surface area contributed by atoms with Crippen molar-refractivity contribution in [2.45, 2.75) is 31.7 Å². The summed E-state index contributed by atoms with van der Waals surface area (Å²) in [6.07, 6.45) is 2.00. The fourth-order valence-electron chi connectivity index (χ4n) is 3.70. The minimum absolute atomic E-state index is 0.121. The highest BCUT2D eigenvalue weighted by molar-refractivity contribution is 5.91. The van der Waals surface area contributed by atoms with Gasteiger partial charge in [0.2, 0.25) is 5.76 Å². The molecule has 1 aromatic heterocycles. The zero-order chi connectivity index (χ0) is 21.1. The van der Waals surface area contributed by atoms with E-state index in [1.807, 2.05) is 54.6 Å². The first-order chi connectivity index (χ1) is 14.4. The van der Waals surface area contributed by atoms with Crippen molar-refractivity contribution < 1.29 is 19.2 Å². The number of hydrogen-bond acceptors (Lipinski definition) is 4. The number of aliphatic carboxylic acids is 1. The van der Waals surface area contributed by atoms with Crippen LogP contribution in [-0.2, 0) is 11.2 Å². The van der Waals surface area contributed by atoms with E-state index in [0.717, 1.165) is 22.8 Å². The van der Waals surface area contributed by atoms with Crippen LogP contribution in [0.5, 0.6) is 0 Å². The number of hydrogen-bond donors (Lipinski definition) is 3. The number of aromatic amines is 1. The van der Waals surface area contributed by atoms with Crippen molar-refractivity contribution in [3.8, 4) is 11.1 Å². The van der Waals surface area contributed by atoms with Crippen LogP contribution in [0.4, 0.5) is 0 Å². The van der Waals surface area contributed by atoms with Crippen molar-refractivity contribution >= 4 is 11.9 Å². The summed E-state index contributed by atoms with van der Waals surface area (Å²) in [4.78, 5) is 35.4. The summed E-state index contributed by atoms with van der Waals surface area (Å²) in [5.41, 5.74) is 1.88. The maximum Gasteiger partial charge on any atom is 0.309 e. The average molecular weight is 406 g/mol. The molecule has 0 saturated heterocycles. The third kappa shape index (κ3) is 4.35. The van der Waals surface area contributed by atoms with E-state index in [0.29, 0.717) is 25.7 Å². The minimum atomic E-state index is -0.839. The van der Waals surface area contributed by atoms with E-state index in [2.05, 4.69) is 10.5 Å². The summed E-state index contributed by atoms with van der Waals surface area (Å²) in [6, 6.07) is 18.7. The summed E-state index contributed by atoms with van der Waals surface area (Å²) in [6.45, 7) is 0. The molecule has 1 heterocycles. The number of nitrogens with one attached hydrogen (secondary N) is 2. The quantitative estimate of drug-likeness (QED) is 0.532. The van der Waals surface area contributed by atoms with Gasteiger partial charge in [-0.05, 0) is 42.4 Å². The summed E-state index contributed by atoms with van der Waals surface area (Å²) in [5.74, 6) is -1.50. The Morgan fingerprint density at radius 3 is 2.30 bits per heavy atom. The van der Waals surface area contributed by atoms with E-state index in [1.54, 1.807) is 0 Å². The normalized spacial score (nSPS) is 15.3. The lowest BCUT2D eigenvalue weighted by molar-refractivity contribution is -0.143. The maximum absolute atomic E-state index is 12.5.